The molecular formula is C24H30N2O3. The largest absolute Gasteiger partial charge is 0.393 e. The lowest BCUT2D eigenvalue weighted by Gasteiger charge is -2.44. The fraction of sp³-hybridized carbons (Fsp3) is 0.458. The van der Waals surface area contributed by atoms with E-state index in [4.69, 9.17) is 4.74 Å². The van der Waals surface area contributed by atoms with Gasteiger partial charge in [-0.25, -0.2) is 0 Å². The molecule has 0 bridgehead atoms. The first-order valence-electron chi connectivity index (χ1n) is 10.6. The van der Waals surface area contributed by atoms with Crippen molar-refractivity contribution >= 4 is 5.91 Å². The predicted molar refractivity (Wildman–Crippen MR) is 113 cm³/mol. The van der Waals surface area contributed by atoms with Gasteiger partial charge in [-0.05, 0) is 37.5 Å². The first-order valence-corrected chi connectivity index (χ1v) is 10.6. The number of amides is 1. The summed E-state index contributed by atoms with van der Waals surface area (Å²) >= 11 is 0. The minimum atomic E-state index is -0.192. The molecule has 0 saturated carbocycles. The molecule has 5 nitrogen and oxygen atoms in total. The molecule has 2 aromatic carbocycles. The molecule has 2 aliphatic heterocycles. The third-order valence-electron chi connectivity index (χ3n) is 6.05. The molecule has 2 atom stereocenters. The van der Waals surface area contributed by atoms with E-state index in [9.17, 15) is 9.90 Å². The maximum absolute atomic E-state index is 13.4. The number of carbonyl (C=O) groups is 1. The van der Waals surface area contributed by atoms with Gasteiger partial charge >= 0.3 is 0 Å². The van der Waals surface area contributed by atoms with E-state index >= 15 is 0 Å². The van der Waals surface area contributed by atoms with Crippen molar-refractivity contribution in [2.45, 2.75) is 38.0 Å². The zero-order valence-electron chi connectivity index (χ0n) is 17.0. The Morgan fingerprint density at radius 1 is 1.03 bits per heavy atom. The van der Waals surface area contributed by atoms with E-state index < -0.39 is 0 Å². The van der Waals surface area contributed by atoms with Crippen molar-refractivity contribution in [1.29, 1.82) is 0 Å². The zero-order valence-corrected chi connectivity index (χ0v) is 17.0. The molecule has 154 valence electrons. The van der Waals surface area contributed by atoms with Crippen LogP contribution in [-0.2, 0) is 4.74 Å². The van der Waals surface area contributed by atoms with Crippen LogP contribution in [0, 0.1) is 6.92 Å². The molecule has 2 heterocycles. The Labute approximate surface area is 172 Å². The highest BCUT2D eigenvalue weighted by Gasteiger charge is 2.38. The van der Waals surface area contributed by atoms with Crippen molar-refractivity contribution < 1.29 is 14.6 Å². The number of benzene rings is 2. The highest BCUT2D eigenvalue weighted by Crippen LogP contribution is 2.32. The van der Waals surface area contributed by atoms with E-state index in [-0.39, 0.29) is 24.2 Å². The Bertz CT molecular complexity index is 801. The second-order valence-corrected chi connectivity index (χ2v) is 8.16. The number of likely N-dealkylation sites (tertiary alicyclic amines) is 1. The normalized spacial score (nSPS) is 23.9. The molecule has 2 aliphatic rings. The lowest BCUT2D eigenvalue weighted by molar-refractivity contribution is -0.0770. The number of piperidine rings is 1. The molecule has 0 aliphatic carbocycles. The average molecular weight is 395 g/mol. The maximum atomic E-state index is 13.4. The van der Waals surface area contributed by atoms with Crippen LogP contribution < -0.4 is 0 Å². The summed E-state index contributed by atoms with van der Waals surface area (Å²) in [6.45, 7) is 5.66. The van der Waals surface area contributed by atoms with Crippen molar-refractivity contribution in [3.63, 3.8) is 0 Å². The number of ether oxygens (including phenoxy) is 1. The third-order valence-corrected chi connectivity index (χ3v) is 6.05. The molecule has 0 aromatic heterocycles. The van der Waals surface area contributed by atoms with E-state index in [1.54, 1.807) is 0 Å². The average Bonchev–Trinajstić information content (AvgIpc) is 2.76. The Morgan fingerprint density at radius 2 is 1.72 bits per heavy atom. The van der Waals surface area contributed by atoms with Crippen LogP contribution in [-0.4, -0.2) is 65.8 Å². The quantitative estimate of drug-likeness (QED) is 0.866. The molecule has 1 N–H and O–H groups in total. The highest BCUT2D eigenvalue weighted by molar-refractivity contribution is 5.94. The Balaban J connectivity index is 1.59. The minimum Gasteiger partial charge on any atom is -0.393 e. The SMILES string of the molecule is Cc1ccc(C(=O)N2CCO[C@@H](CN3CCC(O)CC3)[C@@H]2c2ccccc2)cc1. The van der Waals surface area contributed by atoms with Gasteiger partial charge in [0.1, 0.15) is 0 Å². The van der Waals surface area contributed by atoms with Gasteiger partial charge in [-0.15, -0.1) is 0 Å². The maximum Gasteiger partial charge on any atom is 0.254 e. The van der Waals surface area contributed by atoms with E-state index in [0.717, 1.165) is 49.2 Å². The number of hydrogen-bond donors (Lipinski definition) is 1. The minimum absolute atomic E-state index is 0.0567. The molecule has 1 amide bonds. The second kappa shape index (κ2) is 9.08. The smallest absolute Gasteiger partial charge is 0.254 e. The molecule has 2 saturated heterocycles. The van der Waals surface area contributed by atoms with Crippen molar-refractivity contribution in [2.75, 3.05) is 32.8 Å². The monoisotopic (exact) mass is 394 g/mol. The number of aliphatic hydroxyl groups excluding tert-OH is 1. The Morgan fingerprint density at radius 3 is 2.41 bits per heavy atom. The number of hydrogen-bond acceptors (Lipinski definition) is 4. The number of nitrogens with zero attached hydrogens (tertiary/aromatic N) is 2. The Kier molecular flexibility index (Phi) is 6.28. The van der Waals surface area contributed by atoms with Gasteiger partial charge in [-0.3, -0.25) is 4.79 Å². The highest BCUT2D eigenvalue weighted by atomic mass is 16.5. The lowest BCUT2D eigenvalue weighted by Crippen LogP contribution is -2.52. The Hall–Kier alpha value is -2.21. The molecule has 4 rings (SSSR count). The van der Waals surface area contributed by atoms with E-state index in [2.05, 4.69) is 17.0 Å². The van der Waals surface area contributed by atoms with Gasteiger partial charge in [0.2, 0.25) is 0 Å². The van der Waals surface area contributed by atoms with E-state index in [0.29, 0.717) is 13.2 Å². The molecule has 5 heteroatoms. The third kappa shape index (κ3) is 4.69. The van der Waals surface area contributed by atoms with Gasteiger partial charge in [0.15, 0.2) is 0 Å². The number of morpholine rings is 1. The lowest BCUT2D eigenvalue weighted by atomic mass is 9.95. The first-order chi connectivity index (χ1) is 14.1. The second-order valence-electron chi connectivity index (χ2n) is 8.16. The summed E-state index contributed by atoms with van der Waals surface area (Å²) in [4.78, 5) is 17.7. The summed E-state index contributed by atoms with van der Waals surface area (Å²) < 4.78 is 6.21. The van der Waals surface area contributed by atoms with Crippen LogP contribution in [0.25, 0.3) is 0 Å². The van der Waals surface area contributed by atoms with Gasteiger partial charge in [0.05, 0.1) is 24.9 Å². The fourth-order valence-corrected chi connectivity index (χ4v) is 4.38. The summed E-state index contributed by atoms with van der Waals surface area (Å²) in [7, 11) is 0. The van der Waals surface area contributed by atoms with Gasteiger partial charge in [-0.1, -0.05) is 48.0 Å². The van der Waals surface area contributed by atoms with Gasteiger partial charge in [0, 0.05) is 31.7 Å². The number of aliphatic hydroxyl groups is 1. The first kappa shape index (κ1) is 20.1. The molecular weight excluding hydrogens is 364 g/mol. The van der Waals surface area contributed by atoms with Crippen molar-refractivity contribution in [2.24, 2.45) is 0 Å². The fourth-order valence-electron chi connectivity index (χ4n) is 4.38. The van der Waals surface area contributed by atoms with Crippen LogP contribution in [0.5, 0.6) is 0 Å². The number of carbonyl (C=O) groups excluding carboxylic acids is 1. The molecule has 2 fully saturated rings. The van der Waals surface area contributed by atoms with Crippen molar-refractivity contribution in [1.82, 2.24) is 9.80 Å². The topological polar surface area (TPSA) is 53.0 Å². The number of aryl methyl sites for hydroxylation is 1. The van der Waals surface area contributed by atoms with Crippen LogP contribution in [0.3, 0.4) is 0 Å². The summed E-state index contributed by atoms with van der Waals surface area (Å²) in [6, 6.07) is 17.9. The van der Waals surface area contributed by atoms with Crippen LogP contribution in [0.4, 0.5) is 0 Å². The molecule has 2 aromatic rings. The standard InChI is InChI=1S/C24H30N2O3/c1-18-7-9-20(10-8-18)24(28)26-15-16-29-22(17-25-13-11-21(27)12-14-25)23(26)19-5-3-2-4-6-19/h2-10,21-23,27H,11-17H2,1H3/t22-,23-/m0/s1. The summed E-state index contributed by atoms with van der Waals surface area (Å²) in [6.07, 6.45) is 1.32. The zero-order chi connectivity index (χ0) is 20.2. The van der Waals surface area contributed by atoms with Crippen molar-refractivity contribution in [3.8, 4) is 0 Å². The van der Waals surface area contributed by atoms with Crippen LogP contribution in [0.2, 0.25) is 0 Å². The van der Waals surface area contributed by atoms with Gasteiger partial charge in [0.25, 0.3) is 5.91 Å². The number of rotatable bonds is 4. The van der Waals surface area contributed by atoms with Gasteiger partial charge in [-0.2, -0.15) is 0 Å². The summed E-state index contributed by atoms with van der Waals surface area (Å²) in [5.41, 5.74) is 2.97. The summed E-state index contributed by atoms with van der Waals surface area (Å²) in [5.74, 6) is 0.0567. The van der Waals surface area contributed by atoms with Crippen LogP contribution in [0.1, 0.15) is 40.4 Å². The van der Waals surface area contributed by atoms with Crippen molar-refractivity contribution in [3.05, 3.63) is 71.3 Å². The molecule has 29 heavy (non-hydrogen) atoms. The summed E-state index contributed by atoms with van der Waals surface area (Å²) in [5, 5.41) is 9.81. The molecule has 0 spiro atoms. The van der Waals surface area contributed by atoms with E-state index in [1.807, 2.05) is 54.3 Å². The molecule has 0 unspecified atom stereocenters. The van der Waals surface area contributed by atoms with Crippen LogP contribution in [0.15, 0.2) is 54.6 Å². The predicted octanol–water partition coefficient (Wildman–Crippen LogP) is 3.03. The van der Waals surface area contributed by atoms with Gasteiger partial charge < -0.3 is 19.6 Å². The molecule has 0 radical (unpaired) electrons. The van der Waals surface area contributed by atoms with Crippen LogP contribution >= 0.6 is 0 Å². The van der Waals surface area contributed by atoms with E-state index in [1.165, 1.54) is 0 Å².